The molecule has 1 unspecified atom stereocenters. The molecule has 1 saturated heterocycles. The number of likely N-dealkylation sites (tertiary alicyclic amines) is 1. The summed E-state index contributed by atoms with van der Waals surface area (Å²) in [5.41, 5.74) is 0. The zero-order chi connectivity index (χ0) is 13.9. The molecule has 1 heterocycles. The lowest BCUT2D eigenvalue weighted by atomic mass is 9.86. The largest absolute Gasteiger partial charge is 0.339 e. The highest BCUT2D eigenvalue weighted by molar-refractivity contribution is 7.89. The Bertz CT molecular complexity index is 416. The first-order chi connectivity index (χ1) is 8.96. The standard InChI is InChI=1S/C13H24N2O3S/c14-19(17,18)10-12-7-4-8-15(12)13(16)9-11-5-2-1-3-6-11/h11-12H,1-10H2,(H2,14,17,18). The number of primary sulfonamides is 1. The maximum Gasteiger partial charge on any atom is 0.223 e. The number of nitrogens with zero attached hydrogens (tertiary/aromatic N) is 1. The van der Waals surface area contributed by atoms with Gasteiger partial charge >= 0.3 is 0 Å². The third-order valence-electron chi connectivity index (χ3n) is 4.31. The molecule has 2 fully saturated rings. The average Bonchev–Trinajstić information content (AvgIpc) is 2.76. The summed E-state index contributed by atoms with van der Waals surface area (Å²) in [6.07, 6.45) is 8.23. The minimum atomic E-state index is -3.50. The van der Waals surface area contributed by atoms with Crippen molar-refractivity contribution in [3.8, 4) is 0 Å². The van der Waals surface area contributed by atoms with Gasteiger partial charge in [0.05, 0.1) is 5.75 Å². The first-order valence-corrected chi connectivity index (χ1v) is 8.97. The Hall–Kier alpha value is -0.620. The Morgan fingerprint density at radius 1 is 1.11 bits per heavy atom. The van der Waals surface area contributed by atoms with Crippen molar-refractivity contribution in [1.82, 2.24) is 4.90 Å². The summed E-state index contributed by atoms with van der Waals surface area (Å²) in [7, 11) is -3.50. The van der Waals surface area contributed by atoms with Crippen LogP contribution in [0.5, 0.6) is 0 Å². The van der Waals surface area contributed by atoms with Crippen LogP contribution in [-0.4, -0.2) is 37.6 Å². The number of sulfonamides is 1. The van der Waals surface area contributed by atoms with Gasteiger partial charge in [0.1, 0.15) is 0 Å². The van der Waals surface area contributed by atoms with E-state index in [9.17, 15) is 13.2 Å². The van der Waals surface area contributed by atoms with Crippen molar-refractivity contribution in [3.63, 3.8) is 0 Å². The molecule has 1 aliphatic heterocycles. The van der Waals surface area contributed by atoms with Gasteiger partial charge in [-0.1, -0.05) is 19.3 Å². The molecule has 0 bridgehead atoms. The van der Waals surface area contributed by atoms with Gasteiger partial charge in [0.15, 0.2) is 0 Å². The minimum absolute atomic E-state index is 0.0938. The molecule has 2 aliphatic rings. The van der Waals surface area contributed by atoms with Gasteiger partial charge in [-0.05, 0) is 31.6 Å². The van der Waals surface area contributed by atoms with Crippen LogP contribution < -0.4 is 5.14 Å². The number of hydrogen-bond acceptors (Lipinski definition) is 3. The lowest BCUT2D eigenvalue weighted by molar-refractivity contribution is -0.132. The number of nitrogens with two attached hydrogens (primary N) is 1. The summed E-state index contributed by atoms with van der Waals surface area (Å²) in [5, 5.41) is 5.10. The van der Waals surface area contributed by atoms with Crippen molar-refractivity contribution in [3.05, 3.63) is 0 Å². The van der Waals surface area contributed by atoms with Gasteiger partial charge in [0.25, 0.3) is 0 Å². The number of rotatable bonds is 4. The fourth-order valence-electron chi connectivity index (χ4n) is 3.36. The second kappa shape index (κ2) is 6.22. The number of amides is 1. The van der Waals surface area contributed by atoms with E-state index in [-0.39, 0.29) is 17.7 Å². The first kappa shape index (κ1) is 14.8. The lowest BCUT2D eigenvalue weighted by Gasteiger charge is -2.27. The van der Waals surface area contributed by atoms with Crippen LogP contribution in [0.4, 0.5) is 0 Å². The van der Waals surface area contributed by atoms with E-state index >= 15 is 0 Å². The van der Waals surface area contributed by atoms with E-state index in [0.717, 1.165) is 25.7 Å². The molecule has 0 aromatic rings. The molecule has 110 valence electrons. The predicted octanol–water partition coefficient (Wildman–Crippen LogP) is 1.24. The van der Waals surface area contributed by atoms with Crippen LogP contribution in [0.1, 0.15) is 51.4 Å². The summed E-state index contributed by atoms with van der Waals surface area (Å²) < 4.78 is 22.4. The maximum atomic E-state index is 12.3. The highest BCUT2D eigenvalue weighted by atomic mass is 32.2. The second-order valence-corrected chi connectivity index (χ2v) is 7.58. The number of hydrogen-bond donors (Lipinski definition) is 1. The van der Waals surface area contributed by atoms with E-state index in [1.165, 1.54) is 19.3 Å². The van der Waals surface area contributed by atoms with Crippen LogP contribution in [0.2, 0.25) is 0 Å². The summed E-state index contributed by atoms with van der Waals surface area (Å²) in [6.45, 7) is 0.686. The van der Waals surface area contributed by atoms with Crippen LogP contribution in [0.15, 0.2) is 0 Å². The molecule has 5 nitrogen and oxygen atoms in total. The van der Waals surface area contributed by atoms with Crippen molar-refractivity contribution in [2.45, 2.75) is 57.4 Å². The van der Waals surface area contributed by atoms with Gasteiger partial charge < -0.3 is 4.90 Å². The Morgan fingerprint density at radius 2 is 1.79 bits per heavy atom. The molecule has 0 aromatic carbocycles. The van der Waals surface area contributed by atoms with Crippen molar-refractivity contribution in [1.29, 1.82) is 0 Å². The smallest absolute Gasteiger partial charge is 0.223 e. The van der Waals surface area contributed by atoms with Crippen molar-refractivity contribution >= 4 is 15.9 Å². The average molecular weight is 288 g/mol. The van der Waals surface area contributed by atoms with E-state index in [2.05, 4.69) is 0 Å². The molecule has 2 rings (SSSR count). The van der Waals surface area contributed by atoms with Gasteiger partial charge in [-0.15, -0.1) is 0 Å². The number of carbonyl (C=O) groups is 1. The first-order valence-electron chi connectivity index (χ1n) is 7.25. The van der Waals surface area contributed by atoms with Crippen molar-refractivity contribution < 1.29 is 13.2 Å². The van der Waals surface area contributed by atoms with Gasteiger partial charge in [0, 0.05) is 19.0 Å². The van der Waals surface area contributed by atoms with Crippen LogP contribution >= 0.6 is 0 Å². The Balaban J connectivity index is 1.89. The quantitative estimate of drug-likeness (QED) is 0.845. The second-order valence-electron chi connectivity index (χ2n) is 5.92. The van der Waals surface area contributed by atoms with Crippen LogP contribution in [0.25, 0.3) is 0 Å². The highest BCUT2D eigenvalue weighted by Gasteiger charge is 2.32. The highest BCUT2D eigenvalue weighted by Crippen LogP contribution is 2.28. The zero-order valence-electron chi connectivity index (χ0n) is 11.4. The van der Waals surface area contributed by atoms with E-state index in [0.29, 0.717) is 18.9 Å². The van der Waals surface area contributed by atoms with Crippen molar-refractivity contribution in [2.75, 3.05) is 12.3 Å². The monoisotopic (exact) mass is 288 g/mol. The Morgan fingerprint density at radius 3 is 2.42 bits per heavy atom. The van der Waals surface area contributed by atoms with Gasteiger partial charge in [-0.25, -0.2) is 13.6 Å². The normalized spacial score (nSPS) is 25.7. The van der Waals surface area contributed by atoms with Crippen LogP contribution in [0, 0.1) is 5.92 Å². The molecule has 1 amide bonds. The lowest BCUT2D eigenvalue weighted by Crippen LogP contribution is -2.41. The topological polar surface area (TPSA) is 80.5 Å². The zero-order valence-corrected chi connectivity index (χ0v) is 12.2. The molecule has 0 aromatic heterocycles. The van der Waals surface area contributed by atoms with E-state index < -0.39 is 10.0 Å². The Labute approximate surface area is 115 Å². The van der Waals surface area contributed by atoms with Crippen LogP contribution in [0.3, 0.4) is 0 Å². The molecule has 1 atom stereocenters. The molecule has 1 aliphatic carbocycles. The van der Waals surface area contributed by atoms with Crippen LogP contribution in [-0.2, 0) is 14.8 Å². The van der Waals surface area contributed by atoms with Gasteiger partial charge in [-0.2, -0.15) is 0 Å². The fourth-order valence-corrected chi connectivity index (χ4v) is 4.24. The SMILES string of the molecule is NS(=O)(=O)CC1CCCN1C(=O)CC1CCCCC1. The number of carbonyl (C=O) groups excluding carboxylic acids is 1. The third kappa shape index (κ3) is 4.45. The molecule has 0 spiro atoms. The predicted molar refractivity (Wildman–Crippen MR) is 73.9 cm³/mol. The maximum absolute atomic E-state index is 12.3. The van der Waals surface area contributed by atoms with Gasteiger partial charge in [0.2, 0.25) is 15.9 Å². The summed E-state index contributed by atoms with van der Waals surface area (Å²) in [6, 6.07) is -0.203. The van der Waals surface area contributed by atoms with Gasteiger partial charge in [-0.3, -0.25) is 4.79 Å². The third-order valence-corrected chi connectivity index (χ3v) is 5.16. The molecule has 0 radical (unpaired) electrons. The molecule has 1 saturated carbocycles. The molecular weight excluding hydrogens is 264 g/mol. The molecular formula is C13H24N2O3S. The Kier molecular flexibility index (Phi) is 4.84. The molecule has 2 N–H and O–H groups in total. The van der Waals surface area contributed by atoms with E-state index in [4.69, 9.17) is 5.14 Å². The molecule has 6 heteroatoms. The minimum Gasteiger partial charge on any atom is -0.339 e. The van der Waals surface area contributed by atoms with E-state index in [1.54, 1.807) is 4.90 Å². The summed E-state index contributed by atoms with van der Waals surface area (Å²) in [4.78, 5) is 14.0. The van der Waals surface area contributed by atoms with E-state index in [1.807, 2.05) is 0 Å². The fraction of sp³-hybridized carbons (Fsp3) is 0.923. The van der Waals surface area contributed by atoms with Crippen molar-refractivity contribution in [2.24, 2.45) is 11.1 Å². The molecule has 19 heavy (non-hydrogen) atoms. The summed E-state index contributed by atoms with van der Waals surface area (Å²) in [5.74, 6) is 0.527. The summed E-state index contributed by atoms with van der Waals surface area (Å²) >= 11 is 0.